The molecule has 0 aliphatic carbocycles. The van der Waals surface area contributed by atoms with Crippen molar-refractivity contribution in [1.82, 2.24) is 10.2 Å². The number of nitrogens with zero attached hydrogens (tertiary/aromatic N) is 1. The molecule has 2 unspecified atom stereocenters. The van der Waals surface area contributed by atoms with Crippen LogP contribution in [0.5, 0.6) is 0 Å². The number of rotatable bonds is 6. The summed E-state index contributed by atoms with van der Waals surface area (Å²) < 4.78 is 5.69. The van der Waals surface area contributed by atoms with Gasteiger partial charge in [-0.25, -0.2) is 0 Å². The van der Waals surface area contributed by atoms with Gasteiger partial charge in [0.25, 0.3) is 5.91 Å². The van der Waals surface area contributed by atoms with Crippen molar-refractivity contribution in [2.45, 2.75) is 52.7 Å². The number of hydrogen-bond donors (Lipinski definition) is 1. The fraction of sp³-hybridized carbons (Fsp3) is 0.600. The van der Waals surface area contributed by atoms with E-state index in [-0.39, 0.29) is 23.8 Å². The van der Waals surface area contributed by atoms with E-state index in [1.807, 2.05) is 50.8 Å². The zero-order chi connectivity index (χ0) is 18.4. The van der Waals surface area contributed by atoms with Crippen LogP contribution in [0.1, 0.15) is 49.5 Å². The van der Waals surface area contributed by atoms with Gasteiger partial charge in [-0.3, -0.25) is 9.59 Å². The van der Waals surface area contributed by atoms with Crippen molar-refractivity contribution >= 4 is 11.8 Å². The number of nitrogens with one attached hydrogen (secondary N) is 1. The minimum atomic E-state index is -0.520. The highest BCUT2D eigenvalue weighted by Gasteiger charge is 2.32. The molecular weight excluding hydrogens is 316 g/mol. The standard InChI is InChI=1S/C20H30N2O3/c1-5-25-17-10-7-11-22(13-17)20(24)18(14(2)3)21-19(23)16-9-6-8-15(4)12-16/h6,8-9,12,14,17-18H,5,7,10-11,13H2,1-4H3,(H,21,23). The molecule has 1 saturated heterocycles. The lowest BCUT2D eigenvalue weighted by Gasteiger charge is -2.35. The Morgan fingerprint density at radius 2 is 2.12 bits per heavy atom. The maximum Gasteiger partial charge on any atom is 0.251 e. The third-order valence-corrected chi connectivity index (χ3v) is 4.59. The lowest BCUT2D eigenvalue weighted by Crippen LogP contribution is -2.54. The van der Waals surface area contributed by atoms with Crippen LogP contribution in [0.15, 0.2) is 24.3 Å². The van der Waals surface area contributed by atoms with Gasteiger partial charge in [0.15, 0.2) is 0 Å². The quantitative estimate of drug-likeness (QED) is 0.862. The first-order chi connectivity index (χ1) is 11.9. The summed E-state index contributed by atoms with van der Waals surface area (Å²) in [6, 6.07) is 6.89. The Hall–Kier alpha value is -1.88. The monoisotopic (exact) mass is 346 g/mol. The van der Waals surface area contributed by atoms with Crippen molar-refractivity contribution in [3.05, 3.63) is 35.4 Å². The number of likely N-dealkylation sites (tertiary alicyclic amines) is 1. The molecule has 1 heterocycles. The minimum Gasteiger partial charge on any atom is -0.377 e. The van der Waals surface area contributed by atoms with Crippen LogP contribution in [0, 0.1) is 12.8 Å². The normalized spacial score (nSPS) is 18.9. The molecular formula is C20H30N2O3. The summed E-state index contributed by atoms with van der Waals surface area (Å²) >= 11 is 0. The molecule has 138 valence electrons. The number of carbonyl (C=O) groups excluding carboxylic acids is 2. The summed E-state index contributed by atoms with van der Waals surface area (Å²) in [7, 11) is 0. The lowest BCUT2D eigenvalue weighted by atomic mass is 9.99. The molecule has 1 aromatic rings. The van der Waals surface area contributed by atoms with Gasteiger partial charge in [-0.1, -0.05) is 31.5 Å². The fourth-order valence-electron chi connectivity index (χ4n) is 3.23. The maximum absolute atomic E-state index is 13.0. The molecule has 5 nitrogen and oxygen atoms in total. The van der Waals surface area contributed by atoms with Crippen LogP contribution in [0.2, 0.25) is 0 Å². The van der Waals surface area contributed by atoms with Gasteiger partial charge in [0, 0.05) is 25.3 Å². The molecule has 1 aliphatic heterocycles. The summed E-state index contributed by atoms with van der Waals surface area (Å²) in [4.78, 5) is 27.4. The predicted molar refractivity (Wildman–Crippen MR) is 98.5 cm³/mol. The molecule has 1 fully saturated rings. The maximum atomic E-state index is 13.0. The first-order valence-electron chi connectivity index (χ1n) is 9.20. The van der Waals surface area contributed by atoms with Gasteiger partial charge in [0.05, 0.1) is 6.10 Å². The Balaban J connectivity index is 2.06. The number of carbonyl (C=O) groups is 2. The summed E-state index contributed by atoms with van der Waals surface area (Å²) in [5.41, 5.74) is 1.61. The van der Waals surface area contributed by atoms with Crippen LogP contribution in [0.3, 0.4) is 0 Å². The van der Waals surface area contributed by atoms with Gasteiger partial charge in [-0.2, -0.15) is 0 Å². The number of benzene rings is 1. The minimum absolute atomic E-state index is 0.0135. The summed E-state index contributed by atoms with van der Waals surface area (Å²) in [6.45, 7) is 9.84. The highest BCUT2D eigenvalue weighted by molar-refractivity contribution is 5.97. The van der Waals surface area contributed by atoms with E-state index in [0.29, 0.717) is 18.7 Å². The van der Waals surface area contributed by atoms with Gasteiger partial charge in [0.2, 0.25) is 5.91 Å². The van der Waals surface area contributed by atoms with Crippen LogP contribution in [-0.2, 0) is 9.53 Å². The predicted octanol–water partition coefficient (Wildman–Crippen LogP) is 2.78. The second-order valence-corrected chi connectivity index (χ2v) is 7.07. The average molecular weight is 346 g/mol. The highest BCUT2D eigenvalue weighted by Crippen LogP contribution is 2.17. The van der Waals surface area contributed by atoms with E-state index >= 15 is 0 Å². The van der Waals surface area contributed by atoms with Crippen molar-refractivity contribution in [3.63, 3.8) is 0 Å². The van der Waals surface area contributed by atoms with Crippen LogP contribution in [-0.4, -0.2) is 48.6 Å². The molecule has 0 spiro atoms. The highest BCUT2D eigenvalue weighted by atomic mass is 16.5. The van der Waals surface area contributed by atoms with Gasteiger partial charge in [-0.15, -0.1) is 0 Å². The Labute approximate surface area is 150 Å². The Kier molecular flexibility index (Phi) is 7.00. The van der Waals surface area contributed by atoms with Crippen molar-refractivity contribution in [2.24, 2.45) is 5.92 Å². The third kappa shape index (κ3) is 5.30. The summed E-state index contributed by atoms with van der Waals surface area (Å²) in [6.07, 6.45) is 2.02. The molecule has 0 aromatic heterocycles. The molecule has 5 heteroatoms. The van der Waals surface area contributed by atoms with E-state index in [1.54, 1.807) is 6.07 Å². The zero-order valence-electron chi connectivity index (χ0n) is 15.7. The molecule has 1 aliphatic rings. The average Bonchev–Trinajstić information content (AvgIpc) is 2.59. The Morgan fingerprint density at radius 3 is 2.76 bits per heavy atom. The molecule has 2 atom stereocenters. The number of amides is 2. The first-order valence-corrected chi connectivity index (χ1v) is 9.20. The molecule has 1 aromatic carbocycles. The van der Waals surface area contributed by atoms with Crippen LogP contribution < -0.4 is 5.32 Å². The molecule has 0 radical (unpaired) electrons. The van der Waals surface area contributed by atoms with Crippen LogP contribution >= 0.6 is 0 Å². The summed E-state index contributed by atoms with van der Waals surface area (Å²) in [5.74, 6) is -0.191. The number of piperidine rings is 1. The Morgan fingerprint density at radius 1 is 1.36 bits per heavy atom. The van der Waals surface area contributed by atoms with Gasteiger partial charge in [-0.05, 0) is 44.7 Å². The van der Waals surface area contributed by atoms with E-state index in [4.69, 9.17) is 4.74 Å². The molecule has 25 heavy (non-hydrogen) atoms. The molecule has 0 saturated carbocycles. The Bertz CT molecular complexity index is 598. The van der Waals surface area contributed by atoms with Crippen LogP contribution in [0.25, 0.3) is 0 Å². The van der Waals surface area contributed by atoms with Crippen LogP contribution in [0.4, 0.5) is 0 Å². The number of ether oxygens (including phenoxy) is 1. The van der Waals surface area contributed by atoms with E-state index in [0.717, 1.165) is 24.9 Å². The second kappa shape index (κ2) is 8.99. The van der Waals surface area contributed by atoms with E-state index in [9.17, 15) is 9.59 Å². The van der Waals surface area contributed by atoms with Crippen molar-refractivity contribution in [1.29, 1.82) is 0 Å². The molecule has 1 N–H and O–H groups in total. The zero-order valence-corrected chi connectivity index (χ0v) is 15.7. The topological polar surface area (TPSA) is 58.6 Å². The van der Waals surface area contributed by atoms with Gasteiger partial charge >= 0.3 is 0 Å². The van der Waals surface area contributed by atoms with Crippen molar-refractivity contribution in [3.8, 4) is 0 Å². The van der Waals surface area contributed by atoms with E-state index < -0.39 is 6.04 Å². The SMILES string of the molecule is CCOC1CCCN(C(=O)C(NC(=O)c2cccc(C)c2)C(C)C)C1. The number of aryl methyl sites for hydroxylation is 1. The van der Waals surface area contributed by atoms with E-state index in [1.165, 1.54) is 0 Å². The van der Waals surface area contributed by atoms with E-state index in [2.05, 4.69) is 5.32 Å². The molecule has 2 rings (SSSR count). The second-order valence-electron chi connectivity index (χ2n) is 7.07. The molecule has 0 bridgehead atoms. The smallest absolute Gasteiger partial charge is 0.251 e. The summed E-state index contributed by atoms with van der Waals surface area (Å²) in [5, 5.41) is 2.93. The lowest BCUT2D eigenvalue weighted by molar-refractivity contribution is -0.138. The third-order valence-electron chi connectivity index (χ3n) is 4.59. The largest absolute Gasteiger partial charge is 0.377 e. The van der Waals surface area contributed by atoms with Gasteiger partial charge < -0.3 is 15.0 Å². The van der Waals surface area contributed by atoms with Gasteiger partial charge in [0.1, 0.15) is 6.04 Å². The first kappa shape index (κ1) is 19.4. The van der Waals surface area contributed by atoms with Crippen molar-refractivity contribution < 1.29 is 14.3 Å². The molecule has 2 amide bonds. The number of hydrogen-bond acceptors (Lipinski definition) is 3. The fourth-order valence-corrected chi connectivity index (χ4v) is 3.23. The van der Waals surface area contributed by atoms with Crippen molar-refractivity contribution in [2.75, 3.05) is 19.7 Å².